The molecule has 0 radical (unpaired) electrons. The quantitative estimate of drug-likeness (QED) is 0.182. The number of ketones is 1. The number of hydrogen-bond acceptors (Lipinski definition) is 8. The van der Waals surface area contributed by atoms with E-state index in [1.807, 2.05) is 18.2 Å². The molecule has 7 aliphatic carbocycles. The van der Waals surface area contributed by atoms with E-state index in [-0.39, 0.29) is 48.1 Å². The van der Waals surface area contributed by atoms with Gasteiger partial charge in [0, 0.05) is 33.4 Å². The van der Waals surface area contributed by atoms with Crippen molar-refractivity contribution in [2.24, 2.45) is 51.2 Å². The fraction of sp³-hybridized carbons (Fsp3) is 0.660. The van der Waals surface area contributed by atoms with Gasteiger partial charge in [0.05, 0.1) is 45.3 Å². The first kappa shape index (κ1) is 39.3. The van der Waals surface area contributed by atoms with Crippen LogP contribution in [0.1, 0.15) is 115 Å². The summed E-state index contributed by atoms with van der Waals surface area (Å²) in [7, 11) is 3.23. The largest absolute Gasteiger partial charge is 0.497 e. The Hall–Kier alpha value is -3.56. The maximum Gasteiger partial charge on any atom is 0.410 e. The third-order valence-electron chi connectivity index (χ3n) is 16.5. The highest BCUT2D eigenvalue weighted by Gasteiger charge is 2.74. The van der Waals surface area contributed by atoms with Crippen molar-refractivity contribution in [3.8, 4) is 11.5 Å². The predicted molar refractivity (Wildman–Crippen MR) is 213 cm³/mol. The van der Waals surface area contributed by atoms with Gasteiger partial charge in [-0.3, -0.25) is 4.79 Å². The van der Waals surface area contributed by atoms with Gasteiger partial charge >= 0.3 is 6.09 Å². The van der Waals surface area contributed by atoms with Gasteiger partial charge < -0.3 is 33.7 Å². The Balaban J connectivity index is 1.17. The second kappa shape index (κ2) is 14.1. The summed E-state index contributed by atoms with van der Waals surface area (Å²) in [6.07, 6.45) is 15.3. The van der Waals surface area contributed by atoms with E-state index in [1.54, 1.807) is 37.5 Å². The van der Waals surface area contributed by atoms with Gasteiger partial charge in [-0.05, 0) is 117 Å². The van der Waals surface area contributed by atoms with Gasteiger partial charge in [-0.1, -0.05) is 59.3 Å². The lowest BCUT2D eigenvalue weighted by atomic mass is 9.32. The lowest BCUT2D eigenvalue weighted by Crippen LogP contribution is -2.67. The van der Waals surface area contributed by atoms with E-state index in [9.17, 15) is 19.8 Å². The van der Waals surface area contributed by atoms with E-state index >= 15 is 0 Å². The molecular formula is C47H63NO8. The molecule has 0 saturated heterocycles. The van der Waals surface area contributed by atoms with Gasteiger partial charge in [-0.25, -0.2) is 4.79 Å². The molecule has 4 saturated carbocycles. The Labute approximate surface area is 332 Å². The number of carbonyl (C=O) groups is 2. The number of rotatable bonds is 10. The van der Waals surface area contributed by atoms with E-state index in [1.165, 1.54) is 0 Å². The molecule has 1 amide bonds. The van der Waals surface area contributed by atoms with Crippen LogP contribution in [0.15, 0.2) is 64.8 Å². The molecule has 9 nitrogen and oxygen atoms in total. The Bertz CT molecular complexity index is 1890. The summed E-state index contributed by atoms with van der Waals surface area (Å²) >= 11 is 0. The second-order valence-electron chi connectivity index (χ2n) is 19.4. The molecule has 9 rings (SSSR count). The summed E-state index contributed by atoms with van der Waals surface area (Å²) in [4.78, 5) is 31.1. The zero-order valence-electron chi connectivity index (χ0n) is 34.5. The zero-order valence-corrected chi connectivity index (χ0v) is 34.5. The minimum Gasteiger partial charge on any atom is -0.497 e. The summed E-state index contributed by atoms with van der Waals surface area (Å²) in [6.45, 7) is 11.5. The van der Waals surface area contributed by atoms with Crippen LogP contribution in [0.2, 0.25) is 0 Å². The maximum absolute atomic E-state index is 14.7. The molecule has 2 bridgehead atoms. The van der Waals surface area contributed by atoms with Crippen molar-refractivity contribution in [2.45, 2.75) is 123 Å². The molecule has 2 spiro atoms. The van der Waals surface area contributed by atoms with Crippen molar-refractivity contribution >= 4 is 11.9 Å². The minimum atomic E-state index is -1.27. The molecule has 2 aromatic rings. The van der Waals surface area contributed by atoms with Gasteiger partial charge in [-0.2, -0.15) is 0 Å². The van der Waals surface area contributed by atoms with Gasteiger partial charge in [0.25, 0.3) is 0 Å². The Morgan fingerprint density at radius 2 is 1.71 bits per heavy atom. The third-order valence-corrected chi connectivity index (χ3v) is 16.5. The highest BCUT2D eigenvalue weighted by atomic mass is 16.6. The molecule has 304 valence electrons. The molecule has 11 atom stereocenters. The fourth-order valence-electron chi connectivity index (χ4n) is 13.3. The van der Waals surface area contributed by atoms with Crippen molar-refractivity contribution < 1.29 is 38.4 Å². The summed E-state index contributed by atoms with van der Waals surface area (Å²) in [6, 6.07) is 9.12. The van der Waals surface area contributed by atoms with Crippen LogP contribution < -0.4 is 9.47 Å². The lowest BCUT2D eigenvalue weighted by Gasteiger charge is -2.71. The van der Waals surface area contributed by atoms with Crippen molar-refractivity contribution in [1.29, 1.82) is 0 Å². The van der Waals surface area contributed by atoms with E-state index < -0.39 is 34.0 Å². The Morgan fingerprint density at radius 1 is 0.964 bits per heavy atom. The van der Waals surface area contributed by atoms with E-state index in [0.29, 0.717) is 48.4 Å². The average Bonchev–Trinajstić information content (AvgIpc) is 3.80. The number of aliphatic hydroxyl groups is 2. The molecule has 1 heterocycles. The molecule has 1 aromatic heterocycles. The van der Waals surface area contributed by atoms with Crippen LogP contribution in [0.4, 0.5) is 4.79 Å². The Morgan fingerprint density at radius 3 is 2.43 bits per heavy atom. The summed E-state index contributed by atoms with van der Waals surface area (Å²) in [5, 5.41) is 24.3. The topological polar surface area (TPSA) is 119 Å². The number of furan rings is 1. The first-order chi connectivity index (χ1) is 26.6. The summed E-state index contributed by atoms with van der Waals surface area (Å²) < 4.78 is 23.6. The zero-order chi connectivity index (χ0) is 39.8. The number of hydrogen-bond donors (Lipinski definition) is 2. The summed E-state index contributed by atoms with van der Waals surface area (Å²) in [5.74, 6) is 2.66. The van der Waals surface area contributed by atoms with Crippen molar-refractivity contribution in [3.63, 3.8) is 0 Å². The van der Waals surface area contributed by atoms with Crippen molar-refractivity contribution in [2.75, 3.05) is 20.8 Å². The third kappa shape index (κ3) is 5.83. The fourth-order valence-corrected chi connectivity index (χ4v) is 13.3. The van der Waals surface area contributed by atoms with Crippen LogP contribution in [0, 0.1) is 51.2 Å². The summed E-state index contributed by atoms with van der Waals surface area (Å²) in [5.41, 5.74) is -1.57. The SMILES string of the molecule is COc1ccc(CN(CC2(O)CCC3C45C=CC6(C=C4C(=O)c4ccco4)CC(O)CCC6(C)C5CCC32C)C(=O)OC2CC(C)CCC2C(C)C)c(OC)c1. The highest BCUT2D eigenvalue weighted by molar-refractivity contribution is 6.08. The molecule has 0 aliphatic heterocycles. The van der Waals surface area contributed by atoms with Crippen LogP contribution in [0.3, 0.4) is 0 Å². The number of fused-ring (bicyclic) bond motifs is 1. The van der Waals surface area contributed by atoms with Gasteiger partial charge in [-0.15, -0.1) is 0 Å². The van der Waals surface area contributed by atoms with Crippen molar-refractivity contribution in [1.82, 2.24) is 4.90 Å². The number of Topliss-reactive ketones (excluding diaryl/α,β-unsaturated/α-hetero) is 1. The van der Waals surface area contributed by atoms with E-state index in [2.05, 4.69) is 52.8 Å². The number of benzene rings is 1. The van der Waals surface area contributed by atoms with E-state index in [0.717, 1.165) is 56.1 Å². The predicted octanol–water partition coefficient (Wildman–Crippen LogP) is 9.17. The average molecular weight is 770 g/mol. The number of carbonyl (C=O) groups excluding carboxylic acids is 2. The number of allylic oxidation sites excluding steroid dienone is 4. The van der Waals surface area contributed by atoms with Crippen LogP contribution in [0.5, 0.6) is 11.5 Å². The molecule has 1 aromatic carbocycles. The van der Waals surface area contributed by atoms with E-state index in [4.69, 9.17) is 18.6 Å². The molecule has 9 heteroatoms. The smallest absolute Gasteiger partial charge is 0.410 e. The van der Waals surface area contributed by atoms with Crippen molar-refractivity contribution in [3.05, 3.63) is 71.7 Å². The maximum atomic E-state index is 14.7. The molecule has 2 N–H and O–H groups in total. The minimum absolute atomic E-state index is 0.0694. The number of amides is 1. The molecular weight excluding hydrogens is 707 g/mol. The molecule has 56 heavy (non-hydrogen) atoms. The number of nitrogens with zero attached hydrogens (tertiary/aromatic N) is 1. The number of ether oxygens (including phenoxy) is 3. The van der Waals surface area contributed by atoms with Crippen LogP contribution >= 0.6 is 0 Å². The number of aliphatic hydroxyl groups excluding tert-OH is 1. The Kier molecular flexibility index (Phi) is 9.87. The normalized spacial score (nSPS) is 39.6. The molecule has 4 fully saturated rings. The highest BCUT2D eigenvalue weighted by Crippen LogP contribution is 2.78. The first-order valence-electron chi connectivity index (χ1n) is 21.2. The monoisotopic (exact) mass is 769 g/mol. The second-order valence-corrected chi connectivity index (χ2v) is 19.4. The molecule has 11 unspecified atom stereocenters. The van der Waals surface area contributed by atoms with Gasteiger partial charge in [0.2, 0.25) is 5.78 Å². The lowest BCUT2D eigenvalue weighted by molar-refractivity contribution is -0.176. The van der Waals surface area contributed by atoms with Gasteiger partial charge in [0.1, 0.15) is 17.6 Å². The van der Waals surface area contributed by atoms with Crippen LogP contribution in [0.25, 0.3) is 0 Å². The van der Waals surface area contributed by atoms with Crippen LogP contribution in [-0.2, 0) is 11.3 Å². The molecule has 7 aliphatic rings. The standard InChI is InChI=1S/C47H63NO8/c1-29(2)34-13-10-30(3)23-38(34)56-42(51)48(27-31-11-12-33(53-6)24-37(31)54-7)28-46(52)19-16-40-44(46,5)18-15-39-43(4)17-14-32(49)25-45(43)20-21-47(39,40)35(26-45)41(50)36-9-8-22-55-36/h8-9,11-12,20-22,24,26,29-30,32,34,38-40,49,52H,10,13-19,23,25,27-28H2,1-7H3. The first-order valence-corrected chi connectivity index (χ1v) is 21.2. The number of methoxy groups -OCH3 is 2. The van der Waals surface area contributed by atoms with Gasteiger partial charge in [0.15, 0.2) is 5.76 Å². The van der Waals surface area contributed by atoms with Crippen LogP contribution in [-0.4, -0.2) is 65.6 Å².